The summed E-state index contributed by atoms with van der Waals surface area (Å²) in [5, 5.41) is 3.54. The number of aromatic amines is 1. The molecule has 1 saturated carbocycles. The van der Waals surface area contributed by atoms with Gasteiger partial charge in [-0.15, -0.1) is 0 Å². The standard InChI is InChI=1S/C35H43F2N5O2/c1-24(2)38-28-14-17-42(32(21-28)29-20-27(36)11-12-30(29)37)34(44)40-18-19-41(35(23-40)15-6-7-16-35)22-26-10-13-31(39-33(26)43)25-8-4-3-5-9-25/h3-5,8-13,20,24,28,32,38H,6-7,14-19,21-23H2,1-2H3,(H,39,43)/t28-,32+/m1/s1. The first-order chi connectivity index (χ1) is 21.2. The van der Waals surface area contributed by atoms with Crippen LogP contribution < -0.4 is 10.9 Å². The Labute approximate surface area is 258 Å². The summed E-state index contributed by atoms with van der Waals surface area (Å²) in [6.07, 6.45) is 5.34. The lowest BCUT2D eigenvalue weighted by Gasteiger charge is -2.51. The van der Waals surface area contributed by atoms with Crippen molar-refractivity contribution < 1.29 is 13.6 Å². The SMILES string of the molecule is CC(C)N[C@@H]1CCN(C(=O)N2CCN(Cc3ccc(-c4ccccc4)[nH]c3=O)C3(CCCC3)C2)[C@H](c2cc(F)ccc2F)C1. The van der Waals surface area contributed by atoms with E-state index in [1.807, 2.05) is 47.4 Å². The molecule has 0 unspecified atom stereocenters. The monoisotopic (exact) mass is 603 g/mol. The number of rotatable bonds is 6. The molecule has 1 aliphatic carbocycles. The number of H-pyrrole nitrogens is 1. The fourth-order valence-corrected chi connectivity index (χ4v) is 7.61. The number of carbonyl (C=O) groups excluding carboxylic acids is 1. The zero-order chi connectivity index (χ0) is 30.8. The highest BCUT2D eigenvalue weighted by atomic mass is 19.1. The van der Waals surface area contributed by atoms with Gasteiger partial charge in [-0.25, -0.2) is 13.6 Å². The van der Waals surface area contributed by atoms with Crippen molar-refractivity contribution in [2.24, 2.45) is 0 Å². The number of nitrogens with zero attached hydrogens (tertiary/aromatic N) is 3. The number of hydrogen-bond donors (Lipinski definition) is 2. The average molecular weight is 604 g/mol. The van der Waals surface area contributed by atoms with Gasteiger partial charge in [0.2, 0.25) is 0 Å². The fourth-order valence-electron chi connectivity index (χ4n) is 7.61. The normalized spacial score (nSPS) is 22.2. The van der Waals surface area contributed by atoms with Crippen LogP contribution in [-0.2, 0) is 6.54 Å². The summed E-state index contributed by atoms with van der Waals surface area (Å²) in [7, 11) is 0. The molecule has 2 aliphatic heterocycles. The number of carbonyl (C=O) groups is 1. The molecule has 3 aliphatic rings. The van der Waals surface area contributed by atoms with Crippen LogP contribution in [0.5, 0.6) is 0 Å². The van der Waals surface area contributed by atoms with Crippen molar-refractivity contribution in [3.8, 4) is 11.3 Å². The van der Waals surface area contributed by atoms with E-state index in [9.17, 15) is 14.0 Å². The smallest absolute Gasteiger partial charge is 0.320 e. The Hall–Kier alpha value is -3.56. The second-order valence-corrected chi connectivity index (χ2v) is 13.1. The molecule has 2 amide bonds. The zero-order valence-electron chi connectivity index (χ0n) is 25.7. The van der Waals surface area contributed by atoms with Crippen molar-refractivity contribution in [1.82, 2.24) is 25.0 Å². The first kappa shape index (κ1) is 30.5. The summed E-state index contributed by atoms with van der Waals surface area (Å²) in [4.78, 5) is 36.6. The molecule has 9 heteroatoms. The van der Waals surface area contributed by atoms with Crippen LogP contribution in [0.15, 0.2) is 65.5 Å². The Morgan fingerprint density at radius 3 is 2.52 bits per heavy atom. The Kier molecular flexibility index (Phi) is 8.87. The lowest BCUT2D eigenvalue weighted by molar-refractivity contribution is -0.00257. The molecule has 234 valence electrons. The van der Waals surface area contributed by atoms with Gasteiger partial charge in [0.05, 0.1) is 6.04 Å². The molecular weight excluding hydrogens is 560 g/mol. The molecule has 1 spiro atoms. The van der Waals surface area contributed by atoms with E-state index in [1.54, 1.807) is 4.90 Å². The molecule has 1 aromatic heterocycles. The molecule has 2 aromatic carbocycles. The van der Waals surface area contributed by atoms with Gasteiger partial charge in [0.15, 0.2) is 0 Å². The van der Waals surface area contributed by atoms with Crippen LogP contribution in [0.2, 0.25) is 0 Å². The molecule has 3 heterocycles. The van der Waals surface area contributed by atoms with Crippen LogP contribution >= 0.6 is 0 Å². The summed E-state index contributed by atoms with van der Waals surface area (Å²) in [6.45, 7) is 6.87. The molecule has 6 rings (SSSR count). The number of amides is 2. The average Bonchev–Trinajstić information content (AvgIpc) is 3.48. The minimum Gasteiger partial charge on any atom is -0.322 e. The van der Waals surface area contributed by atoms with Gasteiger partial charge in [-0.3, -0.25) is 9.69 Å². The topological polar surface area (TPSA) is 71.7 Å². The van der Waals surface area contributed by atoms with E-state index in [0.29, 0.717) is 39.1 Å². The maximum Gasteiger partial charge on any atom is 0.320 e. The van der Waals surface area contributed by atoms with Gasteiger partial charge < -0.3 is 20.1 Å². The minimum atomic E-state index is -0.553. The number of hydrogen-bond acceptors (Lipinski definition) is 4. The summed E-state index contributed by atoms with van der Waals surface area (Å²) >= 11 is 0. The zero-order valence-corrected chi connectivity index (χ0v) is 25.7. The quantitative estimate of drug-likeness (QED) is 0.359. The maximum absolute atomic E-state index is 15.1. The van der Waals surface area contributed by atoms with Crippen molar-refractivity contribution in [2.75, 3.05) is 26.2 Å². The van der Waals surface area contributed by atoms with Crippen LogP contribution in [0, 0.1) is 11.6 Å². The summed E-state index contributed by atoms with van der Waals surface area (Å²) in [5.74, 6) is -0.988. The van der Waals surface area contributed by atoms with Gasteiger partial charge in [-0.05, 0) is 55.5 Å². The second-order valence-electron chi connectivity index (χ2n) is 13.1. The van der Waals surface area contributed by atoms with E-state index in [-0.39, 0.29) is 34.8 Å². The molecule has 2 N–H and O–H groups in total. The molecule has 2 atom stereocenters. The largest absolute Gasteiger partial charge is 0.322 e. The predicted molar refractivity (Wildman–Crippen MR) is 168 cm³/mol. The second kappa shape index (κ2) is 12.8. The highest BCUT2D eigenvalue weighted by Crippen LogP contribution is 2.40. The molecule has 2 saturated heterocycles. The van der Waals surface area contributed by atoms with E-state index in [2.05, 4.69) is 29.0 Å². The lowest BCUT2D eigenvalue weighted by Crippen LogP contribution is -2.64. The number of benzene rings is 2. The van der Waals surface area contributed by atoms with Crippen LogP contribution in [0.1, 0.15) is 69.5 Å². The first-order valence-electron chi connectivity index (χ1n) is 16.0. The number of piperazine rings is 1. The number of pyridine rings is 1. The Morgan fingerprint density at radius 2 is 1.80 bits per heavy atom. The molecule has 0 radical (unpaired) electrons. The molecule has 3 aromatic rings. The van der Waals surface area contributed by atoms with E-state index in [4.69, 9.17) is 0 Å². The highest BCUT2D eigenvalue weighted by molar-refractivity contribution is 5.75. The third-order valence-corrected chi connectivity index (χ3v) is 9.77. The van der Waals surface area contributed by atoms with Gasteiger partial charge in [0.1, 0.15) is 11.6 Å². The van der Waals surface area contributed by atoms with Gasteiger partial charge in [-0.1, -0.05) is 63.1 Å². The summed E-state index contributed by atoms with van der Waals surface area (Å²) < 4.78 is 29.4. The van der Waals surface area contributed by atoms with E-state index in [0.717, 1.165) is 61.1 Å². The van der Waals surface area contributed by atoms with Gasteiger partial charge in [0, 0.05) is 67.2 Å². The van der Waals surface area contributed by atoms with Gasteiger partial charge >= 0.3 is 6.03 Å². The van der Waals surface area contributed by atoms with Crippen molar-refractivity contribution >= 4 is 6.03 Å². The highest BCUT2D eigenvalue weighted by Gasteiger charge is 2.46. The van der Waals surface area contributed by atoms with E-state index >= 15 is 4.39 Å². The van der Waals surface area contributed by atoms with E-state index < -0.39 is 17.7 Å². The molecule has 7 nitrogen and oxygen atoms in total. The summed E-state index contributed by atoms with van der Waals surface area (Å²) in [5.41, 5.74) is 2.42. The Balaban J connectivity index is 1.21. The number of likely N-dealkylation sites (tertiary alicyclic amines) is 1. The third kappa shape index (κ3) is 6.31. The maximum atomic E-state index is 15.1. The lowest BCUT2D eigenvalue weighted by atomic mass is 9.89. The van der Waals surface area contributed by atoms with E-state index in [1.165, 1.54) is 6.07 Å². The van der Waals surface area contributed by atoms with Crippen LogP contribution in [-0.4, -0.2) is 69.5 Å². The fraction of sp³-hybridized carbons (Fsp3) is 0.486. The molecular formula is C35H43F2N5O2. The van der Waals surface area contributed by atoms with Crippen molar-refractivity contribution in [2.45, 2.75) is 82.6 Å². The Bertz CT molecular complexity index is 1520. The Morgan fingerprint density at radius 1 is 1.02 bits per heavy atom. The van der Waals surface area contributed by atoms with Crippen molar-refractivity contribution in [1.29, 1.82) is 0 Å². The van der Waals surface area contributed by atoms with Crippen LogP contribution in [0.3, 0.4) is 0 Å². The third-order valence-electron chi connectivity index (χ3n) is 9.77. The molecule has 3 fully saturated rings. The minimum absolute atomic E-state index is 0.0872. The van der Waals surface area contributed by atoms with Gasteiger partial charge in [-0.2, -0.15) is 0 Å². The van der Waals surface area contributed by atoms with Crippen molar-refractivity contribution in [3.63, 3.8) is 0 Å². The summed E-state index contributed by atoms with van der Waals surface area (Å²) in [6, 6.07) is 16.9. The van der Waals surface area contributed by atoms with Crippen LogP contribution in [0.25, 0.3) is 11.3 Å². The number of halogens is 2. The van der Waals surface area contributed by atoms with Crippen molar-refractivity contribution in [3.05, 3.63) is 93.8 Å². The van der Waals surface area contributed by atoms with Crippen LogP contribution in [0.4, 0.5) is 13.6 Å². The number of aromatic nitrogens is 1. The number of urea groups is 1. The van der Waals surface area contributed by atoms with Gasteiger partial charge in [0.25, 0.3) is 5.56 Å². The first-order valence-corrected chi connectivity index (χ1v) is 16.0. The molecule has 0 bridgehead atoms. The number of nitrogens with one attached hydrogen (secondary N) is 2. The number of piperidine rings is 1. The predicted octanol–water partition coefficient (Wildman–Crippen LogP) is 6.07. The molecule has 44 heavy (non-hydrogen) atoms.